The van der Waals surface area contributed by atoms with Crippen LogP contribution in [0.15, 0.2) is 36.4 Å². The van der Waals surface area contributed by atoms with Gasteiger partial charge in [0.1, 0.15) is 0 Å². The predicted octanol–water partition coefficient (Wildman–Crippen LogP) is 1.27. The molecular formula is C15H19N3O. The van der Waals surface area contributed by atoms with Gasteiger partial charge in [-0.25, -0.2) is 0 Å². The van der Waals surface area contributed by atoms with Crippen molar-refractivity contribution in [3.63, 3.8) is 0 Å². The van der Waals surface area contributed by atoms with E-state index >= 15 is 0 Å². The summed E-state index contributed by atoms with van der Waals surface area (Å²) in [4.78, 5) is 2.36. The molecule has 1 atom stereocenters. The Labute approximate surface area is 113 Å². The minimum absolute atomic E-state index is 0.472. The van der Waals surface area contributed by atoms with E-state index in [2.05, 4.69) is 17.1 Å². The second-order valence-electron chi connectivity index (χ2n) is 5.20. The number of nitrogens with one attached hydrogen (secondary N) is 1. The first-order chi connectivity index (χ1) is 9.25. The highest BCUT2D eigenvalue weighted by atomic mass is 16.5. The lowest BCUT2D eigenvalue weighted by molar-refractivity contribution is -0.587. The number of nitrogens with zero attached hydrogens (tertiary/aromatic N) is 2. The Kier molecular flexibility index (Phi) is 3.36. The normalized spacial score (nSPS) is 20.8. The molecule has 100 valence electrons. The van der Waals surface area contributed by atoms with Crippen LogP contribution in [0, 0.1) is 5.21 Å². The summed E-state index contributed by atoms with van der Waals surface area (Å²) in [6.07, 6.45) is 0. The van der Waals surface area contributed by atoms with Gasteiger partial charge in [-0.1, -0.05) is 12.1 Å². The van der Waals surface area contributed by atoms with Gasteiger partial charge in [-0.05, 0) is 19.1 Å². The number of hydrogen-bond acceptors (Lipinski definition) is 3. The first-order valence-electron chi connectivity index (χ1n) is 6.80. The lowest BCUT2D eigenvalue weighted by atomic mass is 10.1. The van der Waals surface area contributed by atoms with Crippen LogP contribution in [0.25, 0.3) is 10.9 Å². The summed E-state index contributed by atoms with van der Waals surface area (Å²) in [6, 6.07) is 12.2. The van der Waals surface area contributed by atoms with E-state index in [4.69, 9.17) is 0 Å². The zero-order valence-electron chi connectivity index (χ0n) is 11.2. The Morgan fingerprint density at radius 1 is 1.32 bits per heavy atom. The third-order valence-electron chi connectivity index (χ3n) is 3.88. The minimum Gasteiger partial charge on any atom is -0.618 e. The van der Waals surface area contributed by atoms with Gasteiger partial charge in [0.15, 0.2) is 0 Å². The third kappa shape index (κ3) is 2.41. The van der Waals surface area contributed by atoms with Crippen molar-refractivity contribution >= 4 is 10.9 Å². The zero-order chi connectivity index (χ0) is 13.2. The number of benzene rings is 1. The molecule has 1 aliphatic heterocycles. The molecule has 0 radical (unpaired) electrons. The van der Waals surface area contributed by atoms with E-state index in [9.17, 15) is 5.21 Å². The molecule has 1 aliphatic rings. The van der Waals surface area contributed by atoms with Crippen LogP contribution in [-0.2, 0) is 6.54 Å². The average molecular weight is 257 g/mol. The molecule has 4 heteroatoms. The van der Waals surface area contributed by atoms with Crippen LogP contribution >= 0.6 is 0 Å². The van der Waals surface area contributed by atoms with Gasteiger partial charge < -0.3 is 10.5 Å². The number of fused-ring (bicyclic) bond motifs is 1. The summed E-state index contributed by atoms with van der Waals surface area (Å²) in [5.41, 5.74) is 1.58. The fourth-order valence-electron chi connectivity index (χ4n) is 2.66. The maximum absolute atomic E-state index is 12.4. The van der Waals surface area contributed by atoms with E-state index in [1.807, 2.05) is 36.4 Å². The van der Waals surface area contributed by atoms with E-state index in [0.29, 0.717) is 6.04 Å². The van der Waals surface area contributed by atoms with Gasteiger partial charge in [-0.3, -0.25) is 4.90 Å². The van der Waals surface area contributed by atoms with Crippen LogP contribution < -0.4 is 10.0 Å². The SMILES string of the molecule is CC1CNCCN1Cc1ccc2ccccc2[n+]1[O-]. The van der Waals surface area contributed by atoms with Crippen molar-refractivity contribution in [1.82, 2.24) is 10.2 Å². The standard InChI is InChI=1S/C15H19N3O/c1-12-10-16-8-9-17(12)11-14-7-6-13-4-2-3-5-15(13)18(14)19/h2-7,12,16H,8-11H2,1H3. The van der Waals surface area contributed by atoms with Crippen LogP contribution in [0.1, 0.15) is 12.6 Å². The van der Waals surface area contributed by atoms with Crippen LogP contribution in [0.2, 0.25) is 0 Å². The molecule has 0 aliphatic carbocycles. The molecule has 1 saturated heterocycles. The second kappa shape index (κ2) is 5.15. The summed E-state index contributed by atoms with van der Waals surface area (Å²) in [6.45, 7) is 5.90. The van der Waals surface area contributed by atoms with Gasteiger partial charge in [-0.15, -0.1) is 0 Å². The lowest BCUT2D eigenvalue weighted by Gasteiger charge is -2.33. The maximum atomic E-state index is 12.4. The number of pyridine rings is 1. The van der Waals surface area contributed by atoms with Crippen LogP contribution in [0.4, 0.5) is 0 Å². The molecule has 2 aromatic rings. The van der Waals surface area contributed by atoms with Crippen molar-refractivity contribution in [2.24, 2.45) is 0 Å². The molecule has 1 aromatic carbocycles. The highest BCUT2D eigenvalue weighted by Gasteiger charge is 2.21. The van der Waals surface area contributed by atoms with E-state index in [0.717, 1.165) is 47.5 Å². The monoisotopic (exact) mass is 257 g/mol. The van der Waals surface area contributed by atoms with Crippen molar-refractivity contribution < 1.29 is 4.73 Å². The number of para-hydroxylation sites is 1. The molecule has 2 heterocycles. The average Bonchev–Trinajstić information content (AvgIpc) is 2.44. The Hall–Kier alpha value is -1.65. The zero-order valence-corrected chi connectivity index (χ0v) is 11.2. The van der Waals surface area contributed by atoms with Gasteiger partial charge in [0.2, 0.25) is 11.2 Å². The smallest absolute Gasteiger partial charge is 0.224 e. The quantitative estimate of drug-likeness (QED) is 0.651. The molecule has 0 spiro atoms. The largest absolute Gasteiger partial charge is 0.618 e. The highest BCUT2D eigenvalue weighted by Crippen LogP contribution is 2.13. The fraction of sp³-hybridized carbons (Fsp3) is 0.400. The molecule has 1 N–H and O–H groups in total. The molecule has 1 fully saturated rings. The topological polar surface area (TPSA) is 42.2 Å². The Morgan fingerprint density at radius 3 is 3.00 bits per heavy atom. The summed E-state index contributed by atoms with van der Waals surface area (Å²) < 4.78 is 1.07. The van der Waals surface area contributed by atoms with Crippen molar-refractivity contribution in [3.8, 4) is 0 Å². The van der Waals surface area contributed by atoms with Crippen molar-refractivity contribution in [1.29, 1.82) is 0 Å². The molecule has 0 saturated carbocycles. The van der Waals surface area contributed by atoms with Gasteiger partial charge in [0.05, 0.1) is 6.54 Å². The first kappa shape index (κ1) is 12.4. The van der Waals surface area contributed by atoms with Crippen LogP contribution in [0.5, 0.6) is 0 Å². The lowest BCUT2D eigenvalue weighted by Crippen LogP contribution is -2.50. The van der Waals surface area contributed by atoms with Crippen LogP contribution in [0.3, 0.4) is 0 Å². The number of hydrogen-bond donors (Lipinski definition) is 1. The molecular weight excluding hydrogens is 238 g/mol. The minimum atomic E-state index is 0.472. The maximum Gasteiger partial charge on any atom is 0.224 e. The summed E-state index contributed by atoms with van der Waals surface area (Å²) >= 11 is 0. The van der Waals surface area contributed by atoms with Crippen LogP contribution in [-0.4, -0.2) is 30.6 Å². The first-order valence-corrected chi connectivity index (χ1v) is 6.80. The van der Waals surface area contributed by atoms with Gasteiger partial charge in [0.25, 0.3) is 0 Å². The summed E-state index contributed by atoms with van der Waals surface area (Å²) in [5.74, 6) is 0. The second-order valence-corrected chi connectivity index (χ2v) is 5.20. The summed E-state index contributed by atoms with van der Waals surface area (Å²) in [7, 11) is 0. The van der Waals surface area contributed by atoms with Crippen molar-refractivity contribution in [2.75, 3.05) is 19.6 Å². The number of aromatic nitrogens is 1. The van der Waals surface area contributed by atoms with Crippen molar-refractivity contribution in [3.05, 3.63) is 47.3 Å². The van der Waals surface area contributed by atoms with E-state index < -0.39 is 0 Å². The number of piperazine rings is 1. The molecule has 0 amide bonds. The van der Waals surface area contributed by atoms with Gasteiger partial charge in [-0.2, -0.15) is 4.73 Å². The van der Waals surface area contributed by atoms with E-state index in [1.54, 1.807) is 0 Å². The summed E-state index contributed by atoms with van der Waals surface area (Å²) in [5, 5.41) is 16.7. The Bertz CT molecular complexity index is 585. The number of rotatable bonds is 2. The molecule has 19 heavy (non-hydrogen) atoms. The fourth-order valence-corrected chi connectivity index (χ4v) is 2.66. The van der Waals surface area contributed by atoms with Crippen molar-refractivity contribution in [2.45, 2.75) is 19.5 Å². The molecule has 1 unspecified atom stereocenters. The van der Waals surface area contributed by atoms with Gasteiger partial charge >= 0.3 is 0 Å². The molecule has 1 aromatic heterocycles. The van der Waals surface area contributed by atoms with E-state index in [1.165, 1.54) is 0 Å². The highest BCUT2D eigenvalue weighted by molar-refractivity contribution is 5.75. The Morgan fingerprint density at radius 2 is 2.16 bits per heavy atom. The Balaban J connectivity index is 1.90. The van der Waals surface area contributed by atoms with Gasteiger partial charge in [0, 0.05) is 43.2 Å². The third-order valence-corrected chi connectivity index (χ3v) is 3.88. The molecule has 3 rings (SSSR count). The predicted molar refractivity (Wildman–Crippen MR) is 75.6 cm³/mol. The molecule has 0 bridgehead atoms. The van der Waals surface area contributed by atoms with E-state index in [-0.39, 0.29) is 0 Å². The molecule has 4 nitrogen and oxygen atoms in total.